The summed E-state index contributed by atoms with van der Waals surface area (Å²) in [6.45, 7) is 5.40. The van der Waals surface area contributed by atoms with E-state index in [1.165, 1.54) is 4.90 Å². The van der Waals surface area contributed by atoms with Crippen LogP contribution in [0.25, 0.3) is 0 Å². The Balaban J connectivity index is 1.27. The number of hydrogen-bond donors (Lipinski definition) is 3. The van der Waals surface area contributed by atoms with Gasteiger partial charge >= 0.3 is 6.09 Å². The third-order valence-electron chi connectivity index (χ3n) is 7.41. The molecule has 4 N–H and O–H groups in total. The maximum atomic E-state index is 13.6. The lowest BCUT2D eigenvalue weighted by Gasteiger charge is -2.38. The second kappa shape index (κ2) is 10.5. The fourth-order valence-corrected chi connectivity index (χ4v) is 5.54. The molecule has 2 aromatic rings. The Hall–Kier alpha value is -4.85. The van der Waals surface area contributed by atoms with Crippen molar-refractivity contribution in [2.75, 3.05) is 40.1 Å². The first-order valence-corrected chi connectivity index (χ1v) is 13.9. The lowest BCUT2D eigenvalue weighted by atomic mass is 10.1. The number of amides is 5. The average molecular weight is 593 g/mol. The fourth-order valence-electron chi connectivity index (χ4n) is 5.54. The van der Waals surface area contributed by atoms with Crippen LogP contribution in [0.5, 0.6) is 11.5 Å². The predicted molar refractivity (Wildman–Crippen MR) is 154 cm³/mol. The highest BCUT2D eigenvalue weighted by atomic mass is 16.6. The number of fused-ring (bicyclic) bond motifs is 2. The molecule has 0 radical (unpaired) electrons. The lowest BCUT2D eigenvalue weighted by molar-refractivity contribution is -0.134. The molecule has 43 heavy (non-hydrogen) atoms. The molecule has 3 unspecified atom stereocenters. The summed E-state index contributed by atoms with van der Waals surface area (Å²) in [5.41, 5.74) is 6.85. The standard InChI is InChI=1S/C29H32N6O8/c1-29(2,3)43-28(40)35(18-11-25(38)34(13-18)17-4-6-21-19(9-17)31-23(36)14-41-21)27-26(39)32-20-10-16(5-7-22(20)42-27)33-12-15(30)8-24(33)37/h4-7,9-10,15,18,27H,8,11-14,30H2,1-3H3,(H,31,36)(H,32,39). The first kappa shape index (κ1) is 28.3. The molecule has 0 aromatic heterocycles. The second-order valence-corrected chi connectivity index (χ2v) is 11.9. The summed E-state index contributed by atoms with van der Waals surface area (Å²) in [7, 11) is 0. The lowest BCUT2D eigenvalue weighted by Crippen LogP contribution is -2.58. The Morgan fingerprint density at radius 1 is 0.930 bits per heavy atom. The van der Waals surface area contributed by atoms with Gasteiger partial charge in [-0.25, -0.2) is 4.79 Å². The van der Waals surface area contributed by atoms with Crippen molar-refractivity contribution < 1.29 is 38.2 Å². The zero-order valence-electron chi connectivity index (χ0n) is 23.9. The zero-order valence-corrected chi connectivity index (χ0v) is 23.9. The topological polar surface area (TPSA) is 173 Å². The van der Waals surface area contributed by atoms with Crippen LogP contribution in [-0.4, -0.2) is 78.2 Å². The molecule has 4 aliphatic rings. The van der Waals surface area contributed by atoms with E-state index in [9.17, 15) is 24.0 Å². The number of nitrogens with one attached hydrogen (secondary N) is 2. The highest BCUT2D eigenvalue weighted by Crippen LogP contribution is 2.38. The minimum absolute atomic E-state index is 0.0436. The van der Waals surface area contributed by atoms with Crippen molar-refractivity contribution in [2.45, 2.75) is 57.5 Å². The zero-order chi connectivity index (χ0) is 30.6. The van der Waals surface area contributed by atoms with Gasteiger partial charge in [-0.1, -0.05) is 0 Å². The molecule has 6 rings (SSSR count). The van der Waals surface area contributed by atoms with Gasteiger partial charge in [-0.05, 0) is 57.2 Å². The summed E-state index contributed by atoms with van der Waals surface area (Å²) in [6, 6.07) is 8.81. The van der Waals surface area contributed by atoms with E-state index >= 15 is 0 Å². The summed E-state index contributed by atoms with van der Waals surface area (Å²) in [5, 5.41) is 5.50. The van der Waals surface area contributed by atoms with Crippen LogP contribution in [-0.2, 0) is 23.9 Å². The number of hydrogen-bond acceptors (Lipinski definition) is 9. The molecule has 226 valence electrons. The third kappa shape index (κ3) is 5.52. The largest absolute Gasteiger partial charge is 0.482 e. The summed E-state index contributed by atoms with van der Waals surface area (Å²) in [5.74, 6) is -0.600. The molecule has 0 aliphatic carbocycles. The highest BCUT2D eigenvalue weighted by Gasteiger charge is 2.46. The molecule has 2 fully saturated rings. The van der Waals surface area contributed by atoms with Crippen LogP contribution >= 0.6 is 0 Å². The predicted octanol–water partition coefficient (Wildman–Crippen LogP) is 1.78. The summed E-state index contributed by atoms with van der Waals surface area (Å²) in [4.78, 5) is 68.6. The van der Waals surface area contributed by atoms with E-state index in [1.807, 2.05) is 0 Å². The van der Waals surface area contributed by atoms with Gasteiger partial charge in [0.25, 0.3) is 18.0 Å². The van der Waals surface area contributed by atoms with Gasteiger partial charge in [-0.3, -0.25) is 24.1 Å². The molecule has 4 aliphatic heterocycles. The molecule has 0 bridgehead atoms. The molecule has 14 nitrogen and oxygen atoms in total. The average Bonchev–Trinajstić information content (AvgIpc) is 3.47. The molecular weight excluding hydrogens is 560 g/mol. The van der Waals surface area contributed by atoms with Crippen LogP contribution in [0.4, 0.5) is 27.5 Å². The molecule has 0 spiro atoms. The minimum Gasteiger partial charge on any atom is -0.482 e. The first-order chi connectivity index (χ1) is 20.4. The number of rotatable bonds is 4. The Morgan fingerprint density at radius 2 is 1.56 bits per heavy atom. The van der Waals surface area contributed by atoms with Gasteiger partial charge in [0.2, 0.25) is 11.8 Å². The minimum atomic E-state index is -1.44. The Bertz CT molecular complexity index is 1540. The maximum Gasteiger partial charge on any atom is 0.413 e. The number of carbonyl (C=O) groups is 5. The van der Waals surface area contributed by atoms with E-state index in [-0.39, 0.29) is 55.5 Å². The van der Waals surface area contributed by atoms with Crippen LogP contribution < -0.4 is 35.6 Å². The van der Waals surface area contributed by atoms with Crippen LogP contribution in [0, 0.1) is 0 Å². The van der Waals surface area contributed by atoms with Crippen molar-refractivity contribution in [3.63, 3.8) is 0 Å². The highest BCUT2D eigenvalue weighted by molar-refractivity contribution is 6.03. The van der Waals surface area contributed by atoms with Crippen molar-refractivity contribution in [2.24, 2.45) is 5.73 Å². The molecule has 5 amide bonds. The van der Waals surface area contributed by atoms with Gasteiger partial charge < -0.3 is 40.4 Å². The normalized spacial score (nSPS) is 23.1. The summed E-state index contributed by atoms with van der Waals surface area (Å²) >= 11 is 0. The van der Waals surface area contributed by atoms with E-state index in [1.54, 1.807) is 62.1 Å². The van der Waals surface area contributed by atoms with E-state index < -0.39 is 29.9 Å². The van der Waals surface area contributed by atoms with Gasteiger partial charge in [0.1, 0.15) is 17.1 Å². The molecular formula is C29H32N6O8. The van der Waals surface area contributed by atoms with Gasteiger partial charge in [0.15, 0.2) is 6.61 Å². The van der Waals surface area contributed by atoms with Crippen LogP contribution in [0.15, 0.2) is 36.4 Å². The Labute approximate surface area is 247 Å². The van der Waals surface area contributed by atoms with Crippen molar-refractivity contribution in [1.29, 1.82) is 0 Å². The first-order valence-electron chi connectivity index (χ1n) is 13.9. The molecule has 2 aromatic carbocycles. The second-order valence-electron chi connectivity index (χ2n) is 11.9. The van der Waals surface area contributed by atoms with E-state index in [0.29, 0.717) is 35.0 Å². The number of nitrogens with zero attached hydrogens (tertiary/aromatic N) is 3. The fraction of sp³-hybridized carbons (Fsp3) is 0.414. The van der Waals surface area contributed by atoms with Gasteiger partial charge in [0.05, 0.1) is 17.4 Å². The maximum absolute atomic E-state index is 13.6. The number of nitrogens with two attached hydrogens (primary N) is 1. The molecule has 0 saturated carbocycles. The number of benzene rings is 2. The van der Waals surface area contributed by atoms with Gasteiger partial charge in [-0.2, -0.15) is 0 Å². The summed E-state index contributed by atoms with van der Waals surface area (Å²) in [6.07, 6.45) is -2.13. The quantitative estimate of drug-likeness (QED) is 0.478. The van der Waals surface area contributed by atoms with Crippen molar-refractivity contribution in [1.82, 2.24) is 4.90 Å². The van der Waals surface area contributed by atoms with Crippen LogP contribution in [0.1, 0.15) is 33.6 Å². The van der Waals surface area contributed by atoms with Gasteiger partial charge in [0, 0.05) is 43.3 Å². The number of ether oxygens (including phenoxy) is 3. The number of anilines is 4. The van der Waals surface area contributed by atoms with E-state index in [4.69, 9.17) is 19.9 Å². The smallest absolute Gasteiger partial charge is 0.413 e. The third-order valence-corrected chi connectivity index (χ3v) is 7.41. The SMILES string of the molecule is CC(C)(C)OC(=O)N(C1CC(=O)N(c2ccc3c(c2)NC(=O)CO3)C1)C1Oc2ccc(N3CC(N)CC3=O)cc2NC1=O. The number of carbonyl (C=O) groups excluding carboxylic acids is 5. The van der Waals surface area contributed by atoms with E-state index in [2.05, 4.69) is 10.6 Å². The van der Waals surface area contributed by atoms with Crippen molar-refractivity contribution >= 4 is 52.5 Å². The van der Waals surface area contributed by atoms with Gasteiger partial charge in [-0.15, -0.1) is 0 Å². The molecule has 14 heteroatoms. The molecule has 2 saturated heterocycles. The summed E-state index contributed by atoms with van der Waals surface area (Å²) < 4.78 is 17.1. The van der Waals surface area contributed by atoms with Crippen molar-refractivity contribution in [3.8, 4) is 11.5 Å². The Kier molecular flexibility index (Phi) is 6.87. The van der Waals surface area contributed by atoms with E-state index in [0.717, 1.165) is 4.90 Å². The van der Waals surface area contributed by atoms with Crippen LogP contribution in [0.2, 0.25) is 0 Å². The van der Waals surface area contributed by atoms with Crippen LogP contribution in [0.3, 0.4) is 0 Å². The molecule has 4 heterocycles. The Morgan fingerprint density at radius 3 is 2.21 bits per heavy atom. The van der Waals surface area contributed by atoms with Crippen molar-refractivity contribution in [3.05, 3.63) is 36.4 Å². The molecule has 3 atom stereocenters. The monoisotopic (exact) mass is 592 g/mol.